The first kappa shape index (κ1) is 17.1. The molecule has 1 N–H and O–H groups in total. The minimum Gasteiger partial charge on any atom is -0.451 e. The number of rotatable bonds is 3. The van der Waals surface area contributed by atoms with Gasteiger partial charge in [-0.1, -0.05) is 30.3 Å². The molecule has 1 aromatic heterocycles. The van der Waals surface area contributed by atoms with E-state index >= 15 is 0 Å². The number of para-hydroxylation sites is 1. The summed E-state index contributed by atoms with van der Waals surface area (Å²) in [7, 11) is 0. The SMILES string of the molecule is Cc1c(C(=O)NC(C)c2cccc(C(F)(F)F)c2)oc2ccccc12. The monoisotopic (exact) mass is 347 g/mol. The number of furan rings is 1. The first-order valence-corrected chi connectivity index (χ1v) is 7.73. The number of fused-ring (bicyclic) bond motifs is 1. The maximum atomic E-state index is 12.8. The molecule has 0 spiro atoms. The molecule has 1 unspecified atom stereocenters. The molecule has 3 rings (SSSR count). The van der Waals surface area contributed by atoms with Crippen LogP contribution in [0.2, 0.25) is 0 Å². The van der Waals surface area contributed by atoms with Crippen molar-refractivity contribution in [2.24, 2.45) is 0 Å². The van der Waals surface area contributed by atoms with Crippen molar-refractivity contribution in [2.75, 3.05) is 0 Å². The fourth-order valence-corrected chi connectivity index (χ4v) is 2.72. The largest absolute Gasteiger partial charge is 0.451 e. The van der Waals surface area contributed by atoms with E-state index in [1.54, 1.807) is 32.0 Å². The van der Waals surface area contributed by atoms with Crippen LogP contribution >= 0.6 is 0 Å². The van der Waals surface area contributed by atoms with E-state index in [-0.39, 0.29) is 5.76 Å². The fraction of sp³-hybridized carbons (Fsp3) is 0.211. The minimum atomic E-state index is -4.42. The Morgan fingerprint density at radius 3 is 2.52 bits per heavy atom. The first-order chi connectivity index (χ1) is 11.8. The van der Waals surface area contributed by atoms with Crippen molar-refractivity contribution in [1.82, 2.24) is 5.32 Å². The van der Waals surface area contributed by atoms with Gasteiger partial charge in [0.15, 0.2) is 5.76 Å². The Morgan fingerprint density at radius 1 is 1.12 bits per heavy atom. The van der Waals surface area contributed by atoms with Gasteiger partial charge in [-0.3, -0.25) is 4.79 Å². The van der Waals surface area contributed by atoms with Crippen LogP contribution in [0.3, 0.4) is 0 Å². The Morgan fingerprint density at radius 2 is 1.84 bits per heavy atom. The molecule has 25 heavy (non-hydrogen) atoms. The average Bonchev–Trinajstić information content (AvgIpc) is 2.91. The third-order valence-electron chi connectivity index (χ3n) is 4.11. The summed E-state index contributed by atoms with van der Waals surface area (Å²) in [6, 6.07) is 11.6. The lowest BCUT2D eigenvalue weighted by atomic mass is 10.0. The van der Waals surface area contributed by atoms with Crippen molar-refractivity contribution < 1.29 is 22.4 Å². The standard InChI is InChI=1S/C19H16F3NO2/c1-11-15-8-3-4-9-16(15)25-17(11)18(24)23-12(2)13-6-5-7-14(10-13)19(20,21)22/h3-10,12H,1-2H3,(H,23,24). The quantitative estimate of drug-likeness (QED) is 0.703. The molecule has 0 aliphatic heterocycles. The van der Waals surface area contributed by atoms with Gasteiger partial charge in [0.1, 0.15) is 5.58 Å². The first-order valence-electron chi connectivity index (χ1n) is 7.73. The number of amides is 1. The molecule has 1 amide bonds. The molecule has 1 atom stereocenters. The number of benzene rings is 2. The summed E-state index contributed by atoms with van der Waals surface area (Å²) in [5.74, 6) is -0.293. The maximum Gasteiger partial charge on any atom is 0.416 e. The second-order valence-corrected chi connectivity index (χ2v) is 5.87. The van der Waals surface area contributed by atoms with Crippen molar-refractivity contribution in [3.63, 3.8) is 0 Å². The third kappa shape index (κ3) is 3.38. The number of halogens is 3. The smallest absolute Gasteiger partial charge is 0.416 e. The number of hydrogen-bond acceptors (Lipinski definition) is 2. The second-order valence-electron chi connectivity index (χ2n) is 5.87. The minimum absolute atomic E-state index is 0.167. The third-order valence-corrected chi connectivity index (χ3v) is 4.11. The van der Waals surface area contributed by atoms with E-state index in [2.05, 4.69) is 5.32 Å². The van der Waals surface area contributed by atoms with Gasteiger partial charge >= 0.3 is 6.18 Å². The zero-order valence-corrected chi connectivity index (χ0v) is 13.6. The summed E-state index contributed by atoms with van der Waals surface area (Å²) < 4.78 is 44.1. The highest BCUT2D eigenvalue weighted by molar-refractivity contribution is 5.99. The van der Waals surface area contributed by atoms with E-state index in [0.717, 1.165) is 17.5 Å². The van der Waals surface area contributed by atoms with Gasteiger partial charge in [-0.15, -0.1) is 0 Å². The molecule has 3 aromatic rings. The van der Waals surface area contributed by atoms with Gasteiger partial charge in [-0.2, -0.15) is 13.2 Å². The highest BCUT2D eigenvalue weighted by Gasteiger charge is 2.31. The lowest BCUT2D eigenvalue weighted by Crippen LogP contribution is -2.27. The van der Waals surface area contributed by atoms with Crippen LogP contribution in [0.4, 0.5) is 13.2 Å². The topological polar surface area (TPSA) is 42.2 Å². The van der Waals surface area contributed by atoms with E-state index in [0.29, 0.717) is 16.7 Å². The molecule has 0 saturated carbocycles. The summed E-state index contributed by atoms with van der Waals surface area (Å²) >= 11 is 0. The molecule has 0 aliphatic carbocycles. The highest BCUT2D eigenvalue weighted by Crippen LogP contribution is 2.31. The number of carbonyl (C=O) groups is 1. The van der Waals surface area contributed by atoms with Gasteiger partial charge in [-0.25, -0.2) is 0 Å². The van der Waals surface area contributed by atoms with E-state index in [4.69, 9.17) is 4.42 Å². The number of aryl methyl sites for hydroxylation is 1. The molecule has 2 aromatic carbocycles. The Labute approximate surface area is 142 Å². The van der Waals surface area contributed by atoms with Crippen molar-refractivity contribution in [2.45, 2.75) is 26.1 Å². The summed E-state index contributed by atoms with van der Waals surface area (Å²) in [5, 5.41) is 3.53. The molecular weight excluding hydrogens is 331 g/mol. The van der Waals surface area contributed by atoms with E-state index in [1.165, 1.54) is 6.07 Å². The molecule has 130 valence electrons. The average molecular weight is 347 g/mol. The number of carbonyl (C=O) groups excluding carboxylic acids is 1. The lowest BCUT2D eigenvalue weighted by Gasteiger charge is -2.15. The molecule has 3 nitrogen and oxygen atoms in total. The van der Waals surface area contributed by atoms with Gasteiger partial charge in [0.2, 0.25) is 0 Å². The summed E-state index contributed by atoms with van der Waals surface area (Å²) in [4.78, 5) is 12.5. The molecule has 1 heterocycles. The van der Waals surface area contributed by atoms with Crippen LogP contribution < -0.4 is 5.32 Å². The number of nitrogens with one attached hydrogen (secondary N) is 1. The predicted octanol–water partition coefficient (Wildman–Crippen LogP) is 5.25. The van der Waals surface area contributed by atoms with E-state index in [1.807, 2.05) is 12.1 Å². The highest BCUT2D eigenvalue weighted by atomic mass is 19.4. The van der Waals surface area contributed by atoms with Crippen LogP contribution in [0.25, 0.3) is 11.0 Å². The van der Waals surface area contributed by atoms with Gasteiger partial charge in [0.05, 0.1) is 11.6 Å². The van der Waals surface area contributed by atoms with Crippen molar-refractivity contribution in [3.05, 3.63) is 71.0 Å². The Bertz CT molecular complexity index is 928. The Kier molecular flexibility index (Phi) is 4.29. The zero-order valence-electron chi connectivity index (χ0n) is 13.6. The number of hydrogen-bond donors (Lipinski definition) is 1. The van der Waals surface area contributed by atoms with Gasteiger partial charge < -0.3 is 9.73 Å². The zero-order chi connectivity index (χ0) is 18.2. The predicted molar refractivity (Wildman–Crippen MR) is 88.3 cm³/mol. The van der Waals surface area contributed by atoms with Gasteiger partial charge in [0.25, 0.3) is 5.91 Å². The Hall–Kier alpha value is -2.76. The van der Waals surface area contributed by atoms with Gasteiger partial charge in [0, 0.05) is 10.9 Å². The van der Waals surface area contributed by atoms with Crippen LogP contribution in [0, 0.1) is 6.92 Å². The van der Waals surface area contributed by atoms with Crippen LogP contribution in [-0.2, 0) is 6.18 Å². The van der Waals surface area contributed by atoms with Crippen molar-refractivity contribution >= 4 is 16.9 Å². The summed E-state index contributed by atoms with van der Waals surface area (Å²) in [5.41, 5.74) is 0.921. The summed E-state index contributed by atoms with van der Waals surface area (Å²) in [6.45, 7) is 3.40. The molecule has 0 saturated heterocycles. The molecule has 0 aliphatic rings. The second kappa shape index (κ2) is 6.27. The molecule has 6 heteroatoms. The summed E-state index contributed by atoms with van der Waals surface area (Å²) in [6.07, 6.45) is -4.42. The lowest BCUT2D eigenvalue weighted by molar-refractivity contribution is -0.137. The molecule has 0 radical (unpaired) electrons. The van der Waals surface area contributed by atoms with Crippen LogP contribution in [0.15, 0.2) is 52.9 Å². The number of alkyl halides is 3. The maximum absolute atomic E-state index is 12.8. The molecule has 0 fully saturated rings. The van der Waals surface area contributed by atoms with Crippen LogP contribution in [0.5, 0.6) is 0 Å². The van der Waals surface area contributed by atoms with Crippen molar-refractivity contribution in [1.29, 1.82) is 0 Å². The van der Waals surface area contributed by atoms with Crippen LogP contribution in [-0.4, -0.2) is 5.91 Å². The van der Waals surface area contributed by atoms with Crippen molar-refractivity contribution in [3.8, 4) is 0 Å². The normalized spacial score (nSPS) is 13.0. The van der Waals surface area contributed by atoms with Crippen LogP contribution in [0.1, 0.15) is 40.2 Å². The van der Waals surface area contributed by atoms with E-state index in [9.17, 15) is 18.0 Å². The molecule has 0 bridgehead atoms. The fourth-order valence-electron chi connectivity index (χ4n) is 2.72. The van der Waals surface area contributed by atoms with Gasteiger partial charge in [-0.05, 0) is 37.6 Å². The molecular formula is C19H16F3NO2. The Balaban J connectivity index is 1.84. The van der Waals surface area contributed by atoms with E-state index < -0.39 is 23.7 Å².